The maximum Gasteiger partial charge on any atom is 0.345 e. The summed E-state index contributed by atoms with van der Waals surface area (Å²) >= 11 is 0. The first kappa shape index (κ1) is 11.7. The van der Waals surface area contributed by atoms with Gasteiger partial charge in [-0.3, -0.25) is 0 Å². The topological polar surface area (TPSA) is 72.3 Å². The van der Waals surface area contributed by atoms with E-state index in [0.29, 0.717) is 0 Å². The van der Waals surface area contributed by atoms with Gasteiger partial charge in [0.1, 0.15) is 0 Å². The first-order chi connectivity index (χ1) is 5.91. The molecule has 5 heteroatoms. The van der Waals surface area contributed by atoms with Gasteiger partial charge in [0.2, 0.25) is 0 Å². The van der Waals surface area contributed by atoms with Gasteiger partial charge in [-0.2, -0.15) is 0 Å². The molecular formula is C8H16N3O2. The minimum absolute atomic E-state index is 0.0110. The molecule has 13 heavy (non-hydrogen) atoms. The summed E-state index contributed by atoms with van der Waals surface area (Å²) in [6.07, 6.45) is 0. The van der Waals surface area contributed by atoms with Crippen molar-refractivity contribution in [2.24, 2.45) is 0 Å². The van der Waals surface area contributed by atoms with Gasteiger partial charge in [0.15, 0.2) is 0 Å². The minimum atomic E-state index is -0.604. The van der Waals surface area contributed by atoms with Crippen LogP contribution in [0.25, 0.3) is 0 Å². The monoisotopic (exact) mass is 186 g/mol. The quantitative estimate of drug-likeness (QED) is 0.670. The van der Waals surface area contributed by atoms with E-state index in [1.54, 1.807) is 27.7 Å². The van der Waals surface area contributed by atoms with Crippen molar-refractivity contribution in [2.75, 3.05) is 0 Å². The third-order valence-electron chi connectivity index (χ3n) is 1.03. The Balaban J connectivity index is 3.72. The van der Waals surface area contributed by atoms with E-state index in [4.69, 9.17) is 0 Å². The fourth-order valence-electron chi connectivity index (χ4n) is 0.651. The number of rotatable bonds is 2. The molecule has 0 saturated heterocycles. The van der Waals surface area contributed by atoms with Crippen molar-refractivity contribution in [3.8, 4) is 0 Å². The highest BCUT2D eigenvalue weighted by molar-refractivity contribution is 5.93. The van der Waals surface area contributed by atoms with Gasteiger partial charge in [-0.05, 0) is 27.7 Å². The molecule has 0 aliphatic carbocycles. The molecule has 75 valence electrons. The predicted octanol–water partition coefficient (Wildman–Crippen LogP) is 0.827. The number of carbonyl (C=O) groups excluding carboxylic acids is 2. The third kappa shape index (κ3) is 7.11. The van der Waals surface area contributed by atoms with Crippen LogP contribution in [-0.2, 0) is 0 Å². The van der Waals surface area contributed by atoms with Gasteiger partial charge < -0.3 is 10.6 Å². The number of hydrogen-bond donors (Lipinski definition) is 2. The van der Waals surface area contributed by atoms with Crippen LogP contribution in [0.15, 0.2) is 0 Å². The van der Waals surface area contributed by atoms with Crippen LogP contribution in [0.1, 0.15) is 27.7 Å². The minimum Gasteiger partial charge on any atom is -0.334 e. The summed E-state index contributed by atoms with van der Waals surface area (Å²) in [4.78, 5) is 21.8. The van der Waals surface area contributed by atoms with E-state index < -0.39 is 12.1 Å². The molecule has 0 aromatic heterocycles. The van der Waals surface area contributed by atoms with E-state index in [1.807, 2.05) is 0 Å². The molecular weight excluding hydrogens is 170 g/mol. The fourth-order valence-corrected chi connectivity index (χ4v) is 0.651. The Labute approximate surface area is 78.3 Å². The summed E-state index contributed by atoms with van der Waals surface area (Å²) in [5, 5.41) is 8.22. The molecule has 0 aliphatic rings. The Kier molecular flexibility index (Phi) is 4.87. The van der Waals surface area contributed by atoms with Gasteiger partial charge >= 0.3 is 12.1 Å². The third-order valence-corrected chi connectivity index (χ3v) is 1.03. The van der Waals surface area contributed by atoms with Crippen LogP contribution in [0.2, 0.25) is 0 Å². The van der Waals surface area contributed by atoms with E-state index in [2.05, 4.69) is 16.0 Å². The molecule has 0 spiro atoms. The molecule has 4 amide bonds. The molecule has 0 heterocycles. The zero-order valence-corrected chi connectivity index (χ0v) is 8.42. The van der Waals surface area contributed by atoms with E-state index in [1.165, 1.54) is 0 Å². The van der Waals surface area contributed by atoms with Gasteiger partial charge in [-0.25, -0.2) is 9.59 Å². The average Bonchev–Trinajstić information content (AvgIpc) is 1.80. The van der Waals surface area contributed by atoms with Gasteiger partial charge in [-0.15, -0.1) is 5.32 Å². The second-order valence-electron chi connectivity index (χ2n) is 3.32. The number of amides is 4. The molecule has 0 aromatic rings. The van der Waals surface area contributed by atoms with Crippen LogP contribution in [-0.4, -0.2) is 24.1 Å². The van der Waals surface area contributed by atoms with Gasteiger partial charge in [-0.1, -0.05) is 0 Å². The van der Waals surface area contributed by atoms with Crippen molar-refractivity contribution >= 4 is 12.1 Å². The second-order valence-corrected chi connectivity index (χ2v) is 3.32. The standard InChI is InChI=1S/C8H16N3O2/c1-5(2)9-7(12)11-8(13)10-6(3)4/h5-6H,1-4H3,(H,9,12)(H,10,13). The van der Waals surface area contributed by atoms with E-state index in [0.717, 1.165) is 0 Å². The van der Waals surface area contributed by atoms with Gasteiger partial charge in [0.05, 0.1) is 0 Å². The Bertz CT molecular complexity index is 170. The highest BCUT2D eigenvalue weighted by Gasteiger charge is 2.10. The van der Waals surface area contributed by atoms with Crippen molar-refractivity contribution in [2.45, 2.75) is 39.8 Å². The van der Waals surface area contributed by atoms with Crippen LogP contribution < -0.4 is 16.0 Å². The Morgan fingerprint density at radius 3 is 1.46 bits per heavy atom. The number of nitrogens with one attached hydrogen (secondary N) is 2. The number of carbonyl (C=O) groups is 2. The lowest BCUT2D eigenvalue weighted by molar-refractivity contribution is 0.223. The molecule has 0 aromatic carbocycles. The van der Waals surface area contributed by atoms with Crippen molar-refractivity contribution in [1.29, 1.82) is 0 Å². The highest BCUT2D eigenvalue weighted by Crippen LogP contribution is 1.80. The number of imide groups is 1. The van der Waals surface area contributed by atoms with Crippen LogP contribution in [0.3, 0.4) is 0 Å². The summed E-state index contributed by atoms with van der Waals surface area (Å²) < 4.78 is 0. The molecule has 0 bridgehead atoms. The summed E-state index contributed by atoms with van der Waals surface area (Å²) in [6, 6.07) is -1.23. The lowest BCUT2D eigenvalue weighted by atomic mass is 10.4. The normalized spacial score (nSPS) is 10.0. The van der Waals surface area contributed by atoms with E-state index in [9.17, 15) is 9.59 Å². The lowest BCUT2D eigenvalue weighted by Crippen LogP contribution is -2.43. The van der Waals surface area contributed by atoms with Crippen molar-refractivity contribution < 1.29 is 9.59 Å². The largest absolute Gasteiger partial charge is 0.345 e. The molecule has 0 atom stereocenters. The predicted molar refractivity (Wildman–Crippen MR) is 49.5 cm³/mol. The SMILES string of the molecule is CC(C)NC(=O)[N]C(=O)NC(C)C. The van der Waals surface area contributed by atoms with Crippen molar-refractivity contribution in [3.05, 3.63) is 0 Å². The van der Waals surface area contributed by atoms with Crippen LogP contribution >= 0.6 is 0 Å². The molecule has 2 N–H and O–H groups in total. The smallest absolute Gasteiger partial charge is 0.334 e. The molecule has 0 aliphatic heterocycles. The van der Waals surface area contributed by atoms with Crippen LogP contribution in [0.5, 0.6) is 0 Å². The summed E-state index contributed by atoms with van der Waals surface area (Å²) in [5.74, 6) is 0. The zero-order chi connectivity index (χ0) is 10.4. The van der Waals surface area contributed by atoms with Crippen LogP contribution in [0, 0.1) is 0 Å². The number of urea groups is 2. The molecule has 0 unspecified atom stereocenters. The van der Waals surface area contributed by atoms with E-state index in [-0.39, 0.29) is 12.1 Å². The van der Waals surface area contributed by atoms with Crippen molar-refractivity contribution in [1.82, 2.24) is 16.0 Å². The summed E-state index contributed by atoms with van der Waals surface area (Å²) in [6.45, 7) is 7.20. The average molecular weight is 186 g/mol. The zero-order valence-electron chi connectivity index (χ0n) is 8.42. The maximum atomic E-state index is 10.9. The first-order valence-corrected chi connectivity index (χ1v) is 4.24. The Hall–Kier alpha value is -1.26. The fraction of sp³-hybridized carbons (Fsp3) is 0.750. The van der Waals surface area contributed by atoms with E-state index >= 15 is 0 Å². The summed E-state index contributed by atoms with van der Waals surface area (Å²) in [5.41, 5.74) is 0. The Morgan fingerprint density at radius 1 is 0.923 bits per heavy atom. The second kappa shape index (κ2) is 5.40. The number of hydrogen-bond acceptors (Lipinski definition) is 2. The first-order valence-electron chi connectivity index (χ1n) is 4.24. The van der Waals surface area contributed by atoms with Gasteiger partial charge in [0.25, 0.3) is 0 Å². The molecule has 0 fully saturated rings. The molecule has 1 radical (unpaired) electrons. The Morgan fingerprint density at radius 2 is 1.23 bits per heavy atom. The maximum absolute atomic E-state index is 10.9. The van der Waals surface area contributed by atoms with Crippen molar-refractivity contribution in [3.63, 3.8) is 0 Å². The van der Waals surface area contributed by atoms with Gasteiger partial charge in [0, 0.05) is 12.1 Å². The molecule has 0 rings (SSSR count). The van der Waals surface area contributed by atoms with Crippen LogP contribution in [0.4, 0.5) is 9.59 Å². The number of nitrogens with zero attached hydrogens (tertiary/aromatic N) is 1. The molecule has 0 saturated carbocycles. The highest BCUT2D eigenvalue weighted by atomic mass is 16.2. The summed E-state index contributed by atoms with van der Waals surface area (Å²) in [7, 11) is 0. The lowest BCUT2D eigenvalue weighted by Gasteiger charge is -2.09. The molecule has 5 nitrogen and oxygen atoms in total.